The van der Waals surface area contributed by atoms with Crippen molar-refractivity contribution in [2.24, 2.45) is 5.73 Å². The molecule has 1 unspecified atom stereocenters. The minimum absolute atomic E-state index is 0.224. The summed E-state index contributed by atoms with van der Waals surface area (Å²) >= 11 is 5.83. The van der Waals surface area contributed by atoms with E-state index in [1.165, 1.54) is 0 Å². The maximum absolute atomic E-state index is 11.9. The zero-order valence-corrected chi connectivity index (χ0v) is 10.6. The maximum Gasteiger partial charge on any atom is 0.291 e. The Kier molecular flexibility index (Phi) is 3.69. The SMILES string of the molecule is CC(N)c1ccc(C(=O)Nc2cccc(Cl)c2)o1. The summed E-state index contributed by atoms with van der Waals surface area (Å²) in [6, 6.07) is 9.95. The van der Waals surface area contributed by atoms with Crippen molar-refractivity contribution < 1.29 is 9.21 Å². The van der Waals surface area contributed by atoms with Crippen LogP contribution in [0.5, 0.6) is 0 Å². The zero-order chi connectivity index (χ0) is 13.1. The van der Waals surface area contributed by atoms with Crippen LogP contribution < -0.4 is 11.1 Å². The van der Waals surface area contributed by atoms with Gasteiger partial charge in [-0.2, -0.15) is 0 Å². The highest BCUT2D eigenvalue weighted by Crippen LogP contribution is 2.18. The number of nitrogens with one attached hydrogen (secondary N) is 1. The van der Waals surface area contributed by atoms with E-state index < -0.39 is 0 Å². The van der Waals surface area contributed by atoms with Crippen molar-refractivity contribution in [2.45, 2.75) is 13.0 Å². The first kappa shape index (κ1) is 12.7. The molecule has 18 heavy (non-hydrogen) atoms. The third-order valence-electron chi connectivity index (χ3n) is 2.38. The summed E-state index contributed by atoms with van der Waals surface area (Å²) in [5, 5.41) is 3.25. The number of hydrogen-bond acceptors (Lipinski definition) is 3. The minimum atomic E-state index is -0.329. The van der Waals surface area contributed by atoms with Crippen LogP contribution in [0.2, 0.25) is 5.02 Å². The molecule has 1 amide bonds. The van der Waals surface area contributed by atoms with Crippen molar-refractivity contribution in [1.82, 2.24) is 0 Å². The second-order valence-corrected chi connectivity index (χ2v) is 4.39. The lowest BCUT2D eigenvalue weighted by Gasteiger charge is -2.03. The first-order chi connectivity index (χ1) is 8.56. The Morgan fingerprint density at radius 1 is 1.39 bits per heavy atom. The fourth-order valence-corrected chi connectivity index (χ4v) is 1.67. The fourth-order valence-electron chi connectivity index (χ4n) is 1.48. The summed E-state index contributed by atoms with van der Waals surface area (Å²) < 4.78 is 5.34. The van der Waals surface area contributed by atoms with Crippen LogP contribution in [0.25, 0.3) is 0 Å². The van der Waals surface area contributed by atoms with Crippen molar-refractivity contribution in [3.63, 3.8) is 0 Å². The largest absolute Gasteiger partial charge is 0.454 e. The van der Waals surface area contributed by atoms with Crippen molar-refractivity contribution in [1.29, 1.82) is 0 Å². The molecule has 2 aromatic rings. The standard InChI is InChI=1S/C13H13ClN2O2/c1-8(15)11-5-6-12(18-11)13(17)16-10-4-2-3-9(14)7-10/h2-8H,15H2,1H3,(H,16,17). The Labute approximate surface area is 110 Å². The van der Waals surface area contributed by atoms with Gasteiger partial charge in [0.25, 0.3) is 5.91 Å². The minimum Gasteiger partial charge on any atom is -0.454 e. The molecule has 4 nitrogen and oxygen atoms in total. The lowest BCUT2D eigenvalue weighted by molar-refractivity contribution is 0.0994. The van der Waals surface area contributed by atoms with Crippen LogP contribution in [0, 0.1) is 0 Å². The van der Waals surface area contributed by atoms with Gasteiger partial charge in [0.1, 0.15) is 5.76 Å². The maximum atomic E-state index is 11.9. The molecule has 0 bridgehead atoms. The Hall–Kier alpha value is -1.78. The number of furan rings is 1. The molecule has 1 atom stereocenters. The van der Waals surface area contributed by atoms with Gasteiger partial charge in [0, 0.05) is 10.7 Å². The van der Waals surface area contributed by atoms with Gasteiger partial charge in [-0.25, -0.2) is 0 Å². The van der Waals surface area contributed by atoms with Gasteiger partial charge in [0.2, 0.25) is 0 Å². The van der Waals surface area contributed by atoms with Gasteiger partial charge < -0.3 is 15.5 Å². The van der Waals surface area contributed by atoms with Crippen LogP contribution in [0.4, 0.5) is 5.69 Å². The molecule has 1 heterocycles. The topological polar surface area (TPSA) is 68.3 Å². The van der Waals surface area contributed by atoms with Gasteiger partial charge in [-0.05, 0) is 37.3 Å². The second kappa shape index (κ2) is 5.25. The average Bonchev–Trinajstić information content (AvgIpc) is 2.78. The smallest absolute Gasteiger partial charge is 0.291 e. The summed E-state index contributed by atoms with van der Waals surface area (Å²) in [6.07, 6.45) is 0. The first-order valence-corrected chi connectivity index (χ1v) is 5.86. The van der Waals surface area contributed by atoms with Gasteiger partial charge >= 0.3 is 0 Å². The zero-order valence-electron chi connectivity index (χ0n) is 9.81. The van der Waals surface area contributed by atoms with Crippen LogP contribution in [0.15, 0.2) is 40.8 Å². The molecular formula is C13H13ClN2O2. The molecule has 0 aliphatic carbocycles. The Balaban J connectivity index is 2.12. The first-order valence-electron chi connectivity index (χ1n) is 5.48. The van der Waals surface area contributed by atoms with Crippen LogP contribution in [0.1, 0.15) is 29.3 Å². The van der Waals surface area contributed by atoms with E-state index in [1.54, 1.807) is 43.3 Å². The molecule has 0 saturated carbocycles. The van der Waals surface area contributed by atoms with Crippen molar-refractivity contribution in [3.05, 3.63) is 52.9 Å². The molecule has 0 radical (unpaired) electrons. The number of carbonyl (C=O) groups is 1. The Morgan fingerprint density at radius 3 is 2.78 bits per heavy atom. The third-order valence-corrected chi connectivity index (χ3v) is 2.62. The second-order valence-electron chi connectivity index (χ2n) is 3.96. The van der Waals surface area contributed by atoms with Crippen LogP contribution in [0.3, 0.4) is 0 Å². The van der Waals surface area contributed by atoms with E-state index in [1.807, 2.05) is 0 Å². The van der Waals surface area contributed by atoms with E-state index in [-0.39, 0.29) is 17.7 Å². The van der Waals surface area contributed by atoms with Gasteiger partial charge in [0.05, 0.1) is 6.04 Å². The lowest BCUT2D eigenvalue weighted by atomic mass is 10.3. The molecule has 2 rings (SSSR count). The predicted molar refractivity (Wildman–Crippen MR) is 70.7 cm³/mol. The Morgan fingerprint density at radius 2 is 2.17 bits per heavy atom. The molecule has 1 aromatic heterocycles. The van der Waals surface area contributed by atoms with E-state index in [0.717, 1.165) is 0 Å². The molecule has 5 heteroatoms. The number of benzene rings is 1. The number of anilines is 1. The van der Waals surface area contributed by atoms with Crippen LogP contribution in [-0.2, 0) is 0 Å². The van der Waals surface area contributed by atoms with Crippen molar-refractivity contribution in [2.75, 3.05) is 5.32 Å². The molecule has 0 aliphatic heterocycles. The monoisotopic (exact) mass is 264 g/mol. The number of amides is 1. The predicted octanol–water partition coefficient (Wildman–Crippen LogP) is 3.21. The van der Waals surface area contributed by atoms with Crippen molar-refractivity contribution in [3.8, 4) is 0 Å². The van der Waals surface area contributed by atoms with Gasteiger partial charge in [-0.3, -0.25) is 4.79 Å². The summed E-state index contributed by atoms with van der Waals surface area (Å²) in [5.41, 5.74) is 6.27. The van der Waals surface area contributed by atoms with E-state index >= 15 is 0 Å². The van der Waals surface area contributed by atoms with E-state index in [4.69, 9.17) is 21.8 Å². The quantitative estimate of drug-likeness (QED) is 0.894. The fraction of sp³-hybridized carbons (Fsp3) is 0.154. The summed E-state index contributed by atoms with van der Waals surface area (Å²) in [4.78, 5) is 11.9. The van der Waals surface area contributed by atoms with E-state index in [2.05, 4.69) is 5.32 Å². The normalized spacial score (nSPS) is 12.2. The highest BCUT2D eigenvalue weighted by atomic mass is 35.5. The molecule has 1 aromatic carbocycles. The van der Waals surface area contributed by atoms with Crippen LogP contribution in [-0.4, -0.2) is 5.91 Å². The number of rotatable bonds is 3. The summed E-state index contributed by atoms with van der Waals surface area (Å²) in [5.74, 6) is 0.470. The molecular weight excluding hydrogens is 252 g/mol. The lowest BCUT2D eigenvalue weighted by Crippen LogP contribution is -2.11. The van der Waals surface area contributed by atoms with Gasteiger partial charge in [-0.1, -0.05) is 17.7 Å². The number of halogens is 1. The van der Waals surface area contributed by atoms with Gasteiger partial charge in [-0.15, -0.1) is 0 Å². The summed E-state index contributed by atoms with van der Waals surface area (Å²) in [6.45, 7) is 1.79. The van der Waals surface area contributed by atoms with Crippen molar-refractivity contribution >= 4 is 23.2 Å². The van der Waals surface area contributed by atoms with Crippen LogP contribution >= 0.6 is 11.6 Å². The molecule has 0 saturated heterocycles. The Bertz CT molecular complexity index is 564. The van der Waals surface area contributed by atoms with E-state index in [9.17, 15) is 4.79 Å². The molecule has 0 fully saturated rings. The summed E-state index contributed by atoms with van der Waals surface area (Å²) in [7, 11) is 0. The average molecular weight is 265 g/mol. The van der Waals surface area contributed by atoms with Gasteiger partial charge in [0.15, 0.2) is 5.76 Å². The van der Waals surface area contributed by atoms with E-state index in [0.29, 0.717) is 16.5 Å². The number of nitrogens with two attached hydrogens (primary N) is 1. The number of hydrogen-bond donors (Lipinski definition) is 2. The third kappa shape index (κ3) is 2.91. The molecule has 94 valence electrons. The molecule has 0 spiro atoms. The number of carbonyl (C=O) groups excluding carboxylic acids is 1. The highest BCUT2D eigenvalue weighted by Gasteiger charge is 2.13. The highest BCUT2D eigenvalue weighted by molar-refractivity contribution is 6.30. The molecule has 3 N–H and O–H groups in total. The molecule has 0 aliphatic rings.